The third kappa shape index (κ3) is 4.31. The molecule has 1 aromatic carbocycles. The number of amides is 1. The lowest BCUT2D eigenvalue weighted by atomic mass is 10.1. The molecule has 0 bridgehead atoms. The van der Waals surface area contributed by atoms with Crippen molar-refractivity contribution in [1.29, 1.82) is 0 Å². The van der Waals surface area contributed by atoms with E-state index in [0.717, 1.165) is 50.6 Å². The first kappa shape index (κ1) is 18.2. The smallest absolute Gasteiger partial charge is 0.219 e. The van der Waals surface area contributed by atoms with Gasteiger partial charge >= 0.3 is 0 Å². The molecule has 1 N–H and O–H groups in total. The largest absolute Gasteiger partial charge is 0.357 e. The van der Waals surface area contributed by atoms with E-state index in [2.05, 4.69) is 46.4 Å². The van der Waals surface area contributed by atoms with Gasteiger partial charge in [-0.15, -0.1) is 0 Å². The van der Waals surface area contributed by atoms with Crippen molar-refractivity contribution in [1.82, 2.24) is 20.1 Å². The summed E-state index contributed by atoms with van der Waals surface area (Å²) in [5, 5.41) is 4.54. The van der Waals surface area contributed by atoms with Gasteiger partial charge in [0.1, 0.15) is 0 Å². The Kier molecular flexibility index (Phi) is 6.04. The van der Waals surface area contributed by atoms with Gasteiger partial charge in [0.15, 0.2) is 5.96 Å². The highest BCUT2D eigenvalue weighted by Crippen LogP contribution is 2.16. The number of nitrogens with one attached hydrogen (secondary N) is 1. The van der Waals surface area contributed by atoms with Gasteiger partial charge in [0.05, 0.1) is 5.52 Å². The molecule has 3 rings (SSSR count). The van der Waals surface area contributed by atoms with Gasteiger partial charge in [-0.1, -0.05) is 24.3 Å². The van der Waals surface area contributed by atoms with E-state index in [1.807, 2.05) is 17.2 Å². The third-order valence-corrected chi connectivity index (χ3v) is 4.72. The number of aromatic nitrogens is 1. The van der Waals surface area contributed by atoms with Crippen LogP contribution in [0.5, 0.6) is 0 Å². The van der Waals surface area contributed by atoms with Crippen LogP contribution < -0.4 is 5.32 Å². The van der Waals surface area contributed by atoms with Crippen molar-refractivity contribution in [2.75, 3.05) is 39.3 Å². The van der Waals surface area contributed by atoms with Crippen molar-refractivity contribution >= 4 is 22.8 Å². The highest BCUT2D eigenvalue weighted by molar-refractivity contribution is 5.82. The van der Waals surface area contributed by atoms with Gasteiger partial charge in [0.2, 0.25) is 5.91 Å². The van der Waals surface area contributed by atoms with Crippen LogP contribution in [0.15, 0.2) is 41.5 Å². The monoisotopic (exact) mass is 353 g/mol. The van der Waals surface area contributed by atoms with Crippen LogP contribution in [-0.2, 0) is 11.2 Å². The van der Waals surface area contributed by atoms with Crippen molar-refractivity contribution in [3.05, 3.63) is 42.1 Å². The lowest BCUT2D eigenvalue weighted by Gasteiger charge is -2.36. The number of guanidine groups is 1. The van der Waals surface area contributed by atoms with Gasteiger partial charge in [0.25, 0.3) is 0 Å². The second kappa shape index (κ2) is 8.65. The number of nitrogens with zero attached hydrogens (tertiary/aromatic N) is 4. The Morgan fingerprint density at radius 1 is 1.15 bits per heavy atom. The van der Waals surface area contributed by atoms with Gasteiger partial charge in [-0.05, 0) is 25.0 Å². The predicted octanol–water partition coefficient (Wildman–Crippen LogP) is 1.91. The molecule has 1 aromatic heterocycles. The molecule has 6 heteroatoms. The molecule has 0 spiro atoms. The number of fused-ring (bicyclic) bond motifs is 1. The molecule has 2 aromatic rings. The number of rotatable bonds is 4. The van der Waals surface area contributed by atoms with Gasteiger partial charge in [-0.2, -0.15) is 0 Å². The van der Waals surface area contributed by atoms with Crippen LogP contribution in [0, 0.1) is 0 Å². The number of benzene rings is 1. The van der Waals surface area contributed by atoms with Gasteiger partial charge < -0.3 is 15.1 Å². The summed E-state index contributed by atoms with van der Waals surface area (Å²) < 4.78 is 0. The molecule has 0 saturated carbocycles. The lowest BCUT2D eigenvalue weighted by molar-refractivity contribution is -0.130. The fourth-order valence-corrected chi connectivity index (χ4v) is 3.31. The van der Waals surface area contributed by atoms with Crippen LogP contribution in [0.3, 0.4) is 0 Å². The average molecular weight is 353 g/mol. The molecule has 1 aliphatic rings. The average Bonchev–Trinajstić information content (AvgIpc) is 2.67. The SMILES string of the molecule is CCNC(=NCCc1cccc2cccnc12)N1CCN(C(C)=O)CC1. The normalized spacial score (nSPS) is 15.4. The summed E-state index contributed by atoms with van der Waals surface area (Å²) in [7, 11) is 0. The maximum atomic E-state index is 11.5. The first-order valence-electron chi connectivity index (χ1n) is 9.30. The van der Waals surface area contributed by atoms with Gasteiger partial charge in [-0.25, -0.2) is 0 Å². The van der Waals surface area contributed by atoms with E-state index in [9.17, 15) is 4.79 Å². The van der Waals surface area contributed by atoms with Crippen LogP contribution >= 0.6 is 0 Å². The molecule has 0 unspecified atom stereocenters. The Balaban J connectivity index is 1.65. The number of aliphatic imine (C=N–C) groups is 1. The summed E-state index contributed by atoms with van der Waals surface area (Å²) in [6.45, 7) is 8.41. The van der Waals surface area contributed by atoms with Crippen molar-refractivity contribution in [2.24, 2.45) is 4.99 Å². The maximum absolute atomic E-state index is 11.5. The first-order chi connectivity index (χ1) is 12.7. The van der Waals surface area contributed by atoms with Crippen LogP contribution in [0.2, 0.25) is 0 Å². The minimum Gasteiger partial charge on any atom is -0.357 e. The standard InChI is InChI=1S/C20H27N5O/c1-3-21-20(25-14-12-24(13-15-25)16(2)26)23-11-9-18-7-4-6-17-8-5-10-22-19(17)18/h4-8,10H,3,9,11-15H2,1-2H3,(H,21,23). The predicted molar refractivity (Wildman–Crippen MR) is 105 cm³/mol. The number of carbonyl (C=O) groups is 1. The van der Waals surface area contributed by atoms with Crippen molar-refractivity contribution in [3.63, 3.8) is 0 Å². The van der Waals surface area contributed by atoms with E-state index in [-0.39, 0.29) is 5.91 Å². The number of pyridine rings is 1. The molecule has 138 valence electrons. The minimum absolute atomic E-state index is 0.148. The lowest BCUT2D eigenvalue weighted by Crippen LogP contribution is -2.53. The highest BCUT2D eigenvalue weighted by Gasteiger charge is 2.20. The van der Waals surface area contributed by atoms with E-state index in [1.165, 1.54) is 10.9 Å². The first-order valence-corrected chi connectivity index (χ1v) is 9.30. The fraction of sp³-hybridized carbons (Fsp3) is 0.450. The van der Waals surface area contributed by atoms with Crippen LogP contribution in [-0.4, -0.2) is 65.9 Å². The van der Waals surface area contributed by atoms with E-state index in [1.54, 1.807) is 6.92 Å². The molecule has 1 aliphatic heterocycles. The number of hydrogen-bond donors (Lipinski definition) is 1. The molecule has 0 aliphatic carbocycles. The minimum atomic E-state index is 0.148. The second-order valence-corrected chi connectivity index (χ2v) is 6.47. The molecule has 1 fully saturated rings. The number of para-hydroxylation sites is 1. The Labute approximate surface area is 154 Å². The number of piperazine rings is 1. The van der Waals surface area contributed by atoms with E-state index >= 15 is 0 Å². The maximum Gasteiger partial charge on any atom is 0.219 e. The second-order valence-electron chi connectivity index (χ2n) is 6.47. The van der Waals surface area contributed by atoms with E-state index in [0.29, 0.717) is 6.54 Å². The summed E-state index contributed by atoms with van der Waals surface area (Å²) in [6.07, 6.45) is 2.70. The Bertz CT molecular complexity index is 775. The highest BCUT2D eigenvalue weighted by atomic mass is 16.2. The van der Waals surface area contributed by atoms with E-state index < -0.39 is 0 Å². The molecule has 26 heavy (non-hydrogen) atoms. The summed E-state index contributed by atoms with van der Waals surface area (Å²) in [5.41, 5.74) is 2.29. The van der Waals surface area contributed by atoms with E-state index in [4.69, 9.17) is 4.99 Å². The fourth-order valence-electron chi connectivity index (χ4n) is 3.31. The molecule has 1 amide bonds. The Morgan fingerprint density at radius 3 is 2.62 bits per heavy atom. The van der Waals surface area contributed by atoms with Crippen molar-refractivity contribution in [3.8, 4) is 0 Å². The summed E-state index contributed by atoms with van der Waals surface area (Å²) in [5.74, 6) is 1.08. The number of carbonyl (C=O) groups excluding carboxylic acids is 1. The zero-order valence-electron chi connectivity index (χ0n) is 15.6. The van der Waals surface area contributed by atoms with Crippen LogP contribution in [0.4, 0.5) is 0 Å². The van der Waals surface area contributed by atoms with Crippen LogP contribution in [0.1, 0.15) is 19.4 Å². The third-order valence-electron chi connectivity index (χ3n) is 4.72. The zero-order chi connectivity index (χ0) is 18.4. The molecular weight excluding hydrogens is 326 g/mol. The van der Waals surface area contributed by atoms with Crippen LogP contribution in [0.25, 0.3) is 10.9 Å². The summed E-state index contributed by atoms with van der Waals surface area (Å²) in [4.78, 5) is 25.0. The Hall–Kier alpha value is -2.63. The molecule has 1 saturated heterocycles. The summed E-state index contributed by atoms with van der Waals surface area (Å²) >= 11 is 0. The van der Waals surface area contributed by atoms with Crippen molar-refractivity contribution in [2.45, 2.75) is 20.3 Å². The molecule has 6 nitrogen and oxygen atoms in total. The quantitative estimate of drug-likeness (QED) is 0.674. The topological polar surface area (TPSA) is 60.8 Å². The summed E-state index contributed by atoms with van der Waals surface area (Å²) in [6, 6.07) is 10.4. The van der Waals surface area contributed by atoms with Gasteiger partial charge in [-0.3, -0.25) is 14.8 Å². The molecule has 0 atom stereocenters. The Morgan fingerprint density at radius 2 is 1.88 bits per heavy atom. The zero-order valence-corrected chi connectivity index (χ0v) is 15.6. The van der Waals surface area contributed by atoms with Gasteiger partial charge in [0, 0.05) is 57.8 Å². The molecule has 0 radical (unpaired) electrons. The molecular formula is C20H27N5O. The van der Waals surface area contributed by atoms with Crippen molar-refractivity contribution < 1.29 is 4.79 Å². The number of hydrogen-bond acceptors (Lipinski definition) is 3. The molecule has 2 heterocycles.